The van der Waals surface area contributed by atoms with Gasteiger partial charge in [-0.15, -0.1) is 0 Å². The number of aryl methyl sites for hydroxylation is 1. The first kappa shape index (κ1) is 21.1. The molecule has 0 atom stereocenters. The van der Waals surface area contributed by atoms with Crippen molar-refractivity contribution in [1.82, 2.24) is 15.2 Å². The molecule has 31 heavy (non-hydrogen) atoms. The van der Waals surface area contributed by atoms with E-state index in [0.717, 1.165) is 10.2 Å². The lowest BCUT2D eigenvalue weighted by Crippen LogP contribution is -2.31. The van der Waals surface area contributed by atoms with Gasteiger partial charge in [-0.2, -0.15) is 20.1 Å². The molecule has 0 aliphatic heterocycles. The third kappa shape index (κ3) is 4.54. The summed E-state index contributed by atoms with van der Waals surface area (Å²) in [6.45, 7) is 3.32. The summed E-state index contributed by atoms with van der Waals surface area (Å²) in [5, 5.41) is 26.3. The van der Waals surface area contributed by atoms with Gasteiger partial charge in [0.15, 0.2) is 5.69 Å². The fourth-order valence-electron chi connectivity index (χ4n) is 2.82. The molecular formula is C22H17N5O4. The third-order valence-electron chi connectivity index (χ3n) is 4.45. The van der Waals surface area contributed by atoms with Crippen molar-refractivity contribution in [3.8, 4) is 11.8 Å². The second-order valence-electron chi connectivity index (χ2n) is 6.64. The van der Waals surface area contributed by atoms with E-state index in [2.05, 4.69) is 15.6 Å². The van der Waals surface area contributed by atoms with Crippen LogP contribution < -0.4 is 11.0 Å². The first-order valence-electron chi connectivity index (χ1n) is 9.09. The maximum Gasteiger partial charge on any atom is 0.335 e. The monoisotopic (exact) mass is 415 g/mol. The molecule has 0 saturated heterocycles. The van der Waals surface area contributed by atoms with Crippen LogP contribution in [0.2, 0.25) is 0 Å². The van der Waals surface area contributed by atoms with Crippen molar-refractivity contribution in [3.05, 3.63) is 92.4 Å². The summed E-state index contributed by atoms with van der Waals surface area (Å²) in [4.78, 5) is 36.2. The number of hydrogen-bond acceptors (Lipinski definition) is 6. The number of nitrogens with zero attached hydrogens (tertiary/aromatic N) is 4. The van der Waals surface area contributed by atoms with E-state index in [9.17, 15) is 19.6 Å². The molecule has 3 rings (SSSR count). The number of nitrogens with one attached hydrogen (secondary N) is 1. The van der Waals surface area contributed by atoms with E-state index in [-0.39, 0.29) is 22.4 Å². The largest absolute Gasteiger partial charge is 0.478 e. The number of amides is 1. The summed E-state index contributed by atoms with van der Waals surface area (Å²) >= 11 is 0. The van der Waals surface area contributed by atoms with Gasteiger partial charge in [0.25, 0.3) is 11.5 Å². The maximum absolute atomic E-state index is 12.7. The molecule has 9 heteroatoms. The number of hydrogen-bond donors (Lipinski definition) is 2. The van der Waals surface area contributed by atoms with Crippen LogP contribution in [-0.2, 0) is 0 Å². The molecule has 0 bridgehead atoms. The van der Waals surface area contributed by atoms with Crippen LogP contribution in [0, 0.1) is 25.2 Å². The van der Waals surface area contributed by atoms with E-state index < -0.39 is 17.4 Å². The Hall–Kier alpha value is -4.58. The molecule has 0 spiro atoms. The van der Waals surface area contributed by atoms with Crippen molar-refractivity contribution >= 4 is 18.1 Å². The van der Waals surface area contributed by atoms with E-state index in [0.29, 0.717) is 11.3 Å². The van der Waals surface area contributed by atoms with Gasteiger partial charge in [0, 0.05) is 5.56 Å². The van der Waals surface area contributed by atoms with Gasteiger partial charge in [-0.3, -0.25) is 9.59 Å². The van der Waals surface area contributed by atoms with Crippen molar-refractivity contribution in [3.63, 3.8) is 0 Å². The van der Waals surface area contributed by atoms with Crippen molar-refractivity contribution < 1.29 is 14.7 Å². The first-order chi connectivity index (χ1) is 14.8. The van der Waals surface area contributed by atoms with Gasteiger partial charge >= 0.3 is 5.97 Å². The zero-order valence-corrected chi connectivity index (χ0v) is 16.7. The molecule has 154 valence electrons. The van der Waals surface area contributed by atoms with Crippen LogP contribution in [0.4, 0.5) is 0 Å². The van der Waals surface area contributed by atoms with E-state index in [4.69, 9.17) is 5.11 Å². The van der Waals surface area contributed by atoms with Gasteiger partial charge < -0.3 is 5.11 Å². The highest BCUT2D eigenvalue weighted by atomic mass is 16.4. The lowest BCUT2D eigenvalue weighted by atomic mass is 10.1. The van der Waals surface area contributed by atoms with Crippen molar-refractivity contribution in [2.75, 3.05) is 0 Å². The Morgan fingerprint density at radius 2 is 1.90 bits per heavy atom. The number of benzene rings is 2. The van der Waals surface area contributed by atoms with Gasteiger partial charge in [-0.05, 0) is 49.2 Å². The summed E-state index contributed by atoms with van der Waals surface area (Å²) in [5.74, 6) is -1.75. The second-order valence-corrected chi connectivity index (χ2v) is 6.64. The molecule has 9 nitrogen and oxygen atoms in total. The Labute approximate surface area is 176 Å². The first-order valence-corrected chi connectivity index (χ1v) is 9.09. The van der Waals surface area contributed by atoms with Gasteiger partial charge in [-0.25, -0.2) is 10.2 Å². The van der Waals surface area contributed by atoms with Gasteiger partial charge in [0.1, 0.15) is 11.6 Å². The standard InChI is InChI=1S/C22H17N5O4/c1-13-4-3-5-17(10-13)27-21(29)18(11-23)14(2)19(26-27)20(28)25-24-12-15-6-8-16(9-7-15)22(30)31/h3-10,12H,1-2H3,(H,25,28)(H,30,31)/b24-12+. The van der Waals surface area contributed by atoms with Crippen LogP contribution in [0.15, 0.2) is 58.4 Å². The van der Waals surface area contributed by atoms with Gasteiger partial charge in [0.05, 0.1) is 17.5 Å². The van der Waals surface area contributed by atoms with Crippen LogP contribution in [0.1, 0.15) is 43.1 Å². The summed E-state index contributed by atoms with van der Waals surface area (Å²) in [5.41, 5.74) is 3.55. The molecule has 1 aromatic heterocycles. The predicted octanol–water partition coefficient (Wildman–Crippen LogP) is 2.18. The molecule has 0 fully saturated rings. The van der Waals surface area contributed by atoms with E-state index in [1.54, 1.807) is 18.2 Å². The van der Waals surface area contributed by atoms with Crippen LogP contribution >= 0.6 is 0 Å². The highest BCUT2D eigenvalue weighted by Gasteiger charge is 2.20. The lowest BCUT2D eigenvalue weighted by Gasteiger charge is -2.11. The van der Waals surface area contributed by atoms with Crippen LogP contribution in [0.5, 0.6) is 0 Å². The highest BCUT2D eigenvalue weighted by molar-refractivity contribution is 5.95. The van der Waals surface area contributed by atoms with Crippen molar-refractivity contribution in [2.24, 2.45) is 5.10 Å². The summed E-state index contributed by atoms with van der Waals surface area (Å²) in [6, 6.07) is 14.7. The fraction of sp³-hybridized carbons (Fsp3) is 0.0909. The summed E-state index contributed by atoms with van der Waals surface area (Å²) in [7, 11) is 0. The number of carboxylic acids is 1. The molecule has 0 aliphatic carbocycles. The predicted molar refractivity (Wildman–Crippen MR) is 112 cm³/mol. The average Bonchev–Trinajstić information content (AvgIpc) is 2.74. The molecule has 0 radical (unpaired) electrons. The minimum absolute atomic E-state index is 0.115. The van der Waals surface area contributed by atoms with Gasteiger partial charge in [-0.1, -0.05) is 24.3 Å². The number of rotatable bonds is 5. The minimum atomic E-state index is -1.05. The maximum atomic E-state index is 12.7. The number of aromatic carboxylic acids is 1. The molecule has 1 heterocycles. The summed E-state index contributed by atoms with van der Waals surface area (Å²) < 4.78 is 1.02. The number of aromatic nitrogens is 2. The smallest absolute Gasteiger partial charge is 0.335 e. The van der Waals surface area contributed by atoms with Crippen LogP contribution in [-0.4, -0.2) is 33.0 Å². The number of carbonyl (C=O) groups excluding carboxylic acids is 1. The minimum Gasteiger partial charge on any atom is -0.478 e. The Bertz CT molecular complexity index is 1300. The molecular weight excluding hydrogens is 398 g/mol. The molecule has 0 saturated carbocycles. The summed E-state index contributed by atoms with van der Waals surface area (Å²) in [6.07, 6.45) is 1.33. The zero-order chi connectivity index (χ0) is 22.5. The number of hydrazone groups is 1. The molecule has 0 unspecified atom stereocenters. The van der Waals surface area contributed by atoms with Crippen molar-refractivity contribution in [2.45, 2.75) is 13.8 Å². The topological polar surface area (TPSA) is 137 Å². The van der Waals surface area contributed by atoms with E-state index in [1.165, 1.54) is 37.4 Å². The molecule has 1 amide bonds. The molecule has 2 aromatic carbocycles. The highest BCUT2D eigenvalue weighted by Crippen LogP contribution is 2.12. The Kier molecular flexibility index (Phi) is 6.02. The fourth-order valence-corrected chi connectivity index (χ4v) is 2.82. The lowest BCUT2D eigenvalue weighted by molar-refractivity contribution is 0.0696. The van der Waals surface area contributed by atoms with Gasteiger partial charge in [0.2, 0.25) is 0 Å². The normalized spacial score (nSPS) is 10.6. The SMILES string of the molecule is Cc1cccc(-n2nc(C(=O)N/N=C/c3ccc(C(=O)O)cc3)c(C)c(C#N)c2=O)c1. The second kappa shape index (κ2) is 8.84. The molecule has 3 aromatic rings. The van der Waals surface area contributed by atoms with E-state index in [1.807, 2.05) is 19.1 Å². The van der Waals surface area contributed by atoms with Crippen LogP contribution in [0.25, 0.3) is 5.69 Å². The molecule has 0 aliphatic rings. The van der Waals surface area contributed by atoms with Crippen LogP contribution in [0.3, 0.4) is 0 Å². The zero-order valence-electron chi connectivity index (χ0n) is 16.7. The Morgan fingerprint density at radius 1 is 1.19 bits per heavy atom. The Morgan fingerprint density at radius 3 is 2.52 bits per heavy atom. The average molecular weight is 415 g/mol. The van der Waals surface area contributed by atoms with E-state index >= 15 is 0 Å². The number of nitriles is 1. The number of carboxylic acid groups (broad SMARTS) is 1. The third-order valence-corrected chi connectivity index (χ3v) is 4.45. The molecule has 2 N–H and O–H groups in total. The number of carbonyl (C=O) groups is 2. The van der Waals surface area contributed by atoms with Crippen molar-refractivity contribution in [1.29, 1.82) is 5.26 Å². The Balaban J connectivity index is 1.91. The quantitative estimate of drug-likeness (QED) is 0.484.